The highest BCUT2D eigenvalue weighted by molar-refractivity contribution is 9.10. The number of methoxy groups -OCH3 is 1. The number of nitrogens with zero attached hydrogens (tertiary/aromatic N) is 1. The smallest absolute Gasteiger partial charge is 0.311 e. The molecule has 0 spiro atoms. The summed E-state index contributed by atoms with van der Waals surface area (Å²) in [4.78, 5) is 38.5. The predicted octanol–water partition coefficient (Wildman–Crippen LogP) is 3.61. The van der Waals surface area contributed by atoms with Gasteiger partial charge in [0.25, 0.3) is 5.91 Å². The molecule has 0 aromatic heterocycles. The van der Waals surface area contributed by atoms with E-state index in [0.29, 0.717) is 17.1 Å². The molecule has 1 heterocycles. The SMILES string of the molecule is COc1cccc(N2C[C@@H](C(=O)OCC(=O)Nc3ccc(Br)c(C)c3C)CC2=O)c1. The summed E-state index contributed by atoms with van der Waals surface area (Å²) in [6.07, 6.45) is 0.0443. The molecule has 0 aliphatic carbocycles. The standard InChI is InChI=1S/C22H23BrN2O5/c1-13-14(2)19(8-7-18(13)23)24-20(26)12-30-22(28)15-9-21(27)25(11-15)16-5-4-6-17(10-16)29-3/h4-8,10,15H,9,11-12H2,1-3H3,(H,24,26)/t15-/m0/s1. The lowest BCUT2D eigenvalue weighted by Gasteiger charge is -2.17. The lowest BCUT2D eigenvalue weighted by Crippen LogP contribution is -2.28. The lowest BCUT2D eigenvalue weighted by molar-refractivity contribution is -0.151. The highest BCUT2D eigenvalue weighted by atomic mass is 79.9. The van der Waals surface area contributed by atoms with Gasteiger partial charge in [0, 0.05) is 34.9 Å². The van der Waals surface area contributed by atoms with Crippen LogP contribution in [-0.2, 0) is 19.1 Å². The number of nitrogens with one attached hydrogen (secondary N) is 1. The first-order chi connectivity index (χ1) is 14.3. The molecule has 30 heavy (non-hydrogen) atoms. The van der Waals surface area contributed by atoms with Crippen molar-refractivity contribution in [1.29, 1.82) is 0 Å². The normalized spacial score (nSPS) is 15.8. The van der Waals surface area contributed by atoms with Crippen LogP contribution in [0.3, 0.4) is 0 Å². The second-order valence-corrected chi connectivity index (χ2v) is 7.96. The first-order valence-corrected chi connectivity index (χ1v) is 10.3. The number of hydrogen-bond acceptors (Lipinski definition) is 5. The summed E-state index contributed by atoms with van der Waals surface area (Å²) < 4.78 is 11.3. The molecule has 0 unspecified atom stereocenters. The average Bonchev–Trinajstić information content (AvgIpc) is 3.14. The third kappa shape index (κ3) is 4.81. The Hall–Kier alpha value is -2.87. The summed E-state index contributed by atoms with van der Waals surface area (Å²) in [5.41, 5.74) is 3.27. The van der Waals surface area contributed by atoms with Gasteiger partial charge >= 0.3 is 5.97 Å². The van der Waals surface area contributed by atoms with E-state index in [0.717, 1.165) is 15.6 Å². The Morgan fingerprint density at radius 1 is 1.20 bits per heavy atom. The number of benzene rings is 2. The maximum Gasteiger partial charge on any atom is 0.311 e. The van der Waals surface area contributed by atoms with Gasteiger partial charge in [-0.2, -0.15) is 0 Å². The summed E-state index contributed by atoms with van der Waals surface area (Å²) in [6, 6.07) is 10.7. The van der Waals surface area contributed by atoms with Gasteiger partial charge in [0.15, 0.2) is 6.61 Å². The molecule has 2 aromatic rings. The minimum absolute atomic E-state index is 0.0443. The highest BCUT2D eigenvalue weighted by Gasteiger charge is 2.36. The lowest BCUT2D eigenvalue weighted by atomic mass is 10.1. The molecule has 1 saturated heterocycles. The average molecular weight is 475 g/mol. The number of ether oxygens (including phenoxy) is 2. The van der Waals surface area contributed by atoms with E-state index in [-0.39, 0.29) is 18.9 Å². The largest absolute Gasteiger partial charge is 0.497 e. The molecule has 3 rings (SSSR count). The van der Waals surface area contributed by atoms with Crippen LogP contribution in [0.4, 0.5) is 11.4 Å². The molecule has 1 N–H and O–H groups in total. The predicted molar refractivity (Wildman–Crippen MR) is 117 cm³/mol. The van der Waals surface area contributed by atoms with Crippen LogP contribution in [0.15, 0.2) is 40.9 Å². The van der Waals surface area contributed by atoms with Crippen molar-refractivity contribution >= 4 is 45.1 Å². The number of esters is 1. The molecule has 0 saturated carbocycles. The van der Waals surface area contributed by atoms with Crippen molar-refractivity contribution in [2.45, 2.75) is 20.3 Å². The minimum Gasteiger partial charge on any atom is -0.497 e. The number of hydrogen-bond donors (Lipinski definition) is 1. The highest BCUT2D eigenvalue weighted by Crippen LogP contribution is 2.29. The van der Waals surface area contributed by atoms with Crippen molar-refractivity contribution in [1.82, 2.24) is 0 Å². The molecule has 1 fully saturated rings. The molecule has 1 aliphatic rings. The third-order valence-electron chi connectivity index (χ3n) is 5.16. The molecule has 2 amide bonds. The quantitative estimate of drug-likeness (QED) is 0.646. The maximum atomic E-state index is 12.4. The molecular formula is C22H23BrN2O5. The Kier molecular flexibility index (Phi) is 6.77. The van der Waals surface area contributed by atoms with Crippen LogP contribution in [0.2, 0.25) is 0 Å². The molecule has 2 aromatic carbocycles. The zero-order valence-corrected chi connectivity index (χ0v) is 18.6. The first-order valence-electron chi connectivity index (χ1n) is 9.46. The second-order valence-electron chi connectivity index (χ2n) is 7.11. The monoisotopic (exact) mass is 474 g/mol. The minimum atomic E-state index is -0.617. The van der Waals surface area contributed by atoms with E-state index in [1.165, 1.54) is 4.90 Å². The molecule has 158 valence electrons. The van der Waals surface area contributed by atoms with Crippen LogP contribution in [0.1, 0.15) is 17.5 Å². The number of amides is 2. The van der Waals surface area contributed by atoms with E-state index in [2.05, 4.69) is 21.2 Å². The Balaban J connectivity index is 1.56. The molecule has 0 radical (unpaired) electrons. The van der Waals surface area contributed by atoms with Crippen LogP contribution >= 0.6 is 15.9 Å². The molecule has 0 bridgehead atoms. The summed E-state index contributed by atoms with van der Waals surface area (Å²) in [6.45, 7) is 3.65. The number of carbonyl (C=O) groups excluding carboxylic acids is 3. The fraction of sp³-hybridized carbons (Fsp3) is 0.318. The van der Waals surface area contributed by atoms with Crippen molar-refractivity contribution in [2.24, 2.45) is 5.92 Å². The van der Waals surface area contributed by atoms with Gasteiger partial charge in [-0.1, -0.05) is 22.0 Å². The Morgan fingerprint density at radius 3 is 2.70 bits per heavy atom. The van der Waals surface area contributed by atoms with Gasteiger partial charge in [-0.15, -0.1) is 0 Å². The topological polar surface area (TPSA) is 84.9 Å². The summed E-state index contributed by atoms with van der Waals surface area (Å²) in [5, 5.41) is 2.75. The van der Waals surface area contributed by atoms with Crippen LogP contribution in [-0.4, -0.2) is 38.0 Å². The van der Waals surface area contributed by atoms with Crippen molar-refractivity contribution in [2.75, 3.05) is 30.5 Å². The van der Waals surface area contributed by atoms with Crippen molar-refractivity contribution in [3.8, 4) is 5.75 Å². The number of anilines is 2. The van der Waals surface area contributed by atoms with Gasteiger partial charge < -0.3 is 19.7 Å². The molecule has 1 aliphatic heterocycles. The summed E-state index contributed by atoms with van der Waals surface area (Å²) in [7, 11) is 1.55. The first kappa shape index (κ1) is 21.8. The maximum absolute atomic E-state index is 12.4. The molecule has 1 atom stereocenters. The summed E-state index contributed by atoms with van der Waals surface area (Å²) >= 11 is 3.45. The third-order valence-corrected chi connectivity index (χ3v) is 6.02. The molecule has 7 nitrogen and oxygen atoms in total. The Bertz CT molecular complexity index is 991. The number of halogens is 1. The van der Waals surface area contributed by atoms with E-state index in [4.69, 9.17) is 9.47 Å². The fourth-order valence-corrected chi connectivity index (χ4v) is 3.69. The van der Waals surface area contributed by atoms with Gasteiger partial charge in [-0.05, 0) is 49.2 Å². The second kappa shape index (κ2) is 9.30. The van der Waals surface area contributed by atoms with Gasteiger partial charge in [-0.25, -0.2) is 0 Å². The van der Waals surface area contributed by atoms with Gasteiger partial charge in [0.1, 0.15) is 5.75 Å². The van der Waals surface area contributed by atoms with E-state index in [1.54, 1.807) is 37.4 Å². The van der Waals surface area contributed by atoms with E-state index in [1.807, 2.05) is 19.9 Å². The fourth-order valence-electron chi connectivity index (χ4n) is 3.26. The van der Waals surface area contributed by atoms with Crippen LogP contribution < -0.4 is 15.0 Å². The van der Waals surface area contributed by atoms with E-state index < -0.39 is 24.4 Å². The zero-order chi connectivity index (χ0) is 21.8. The van der Waals surface area contributed by atoms with Crippen molar-refractivity contribution in [3.63, 3.8) is 0 Å². The van der Waals surface area contributed by atoms with Crippen LogP contribution in [0.5, 0.6) is 5.75 Å². The summed E-state index contributed by atoms with van der Waals surface area (Å²) in [5.74, 6) is -1.15. The van der Waals surface area contributed by atoms with Crippen molar-refractivity contribution in [3.05, 3.63) is 52.0 Å². The molecular weight excluding hydrogens is 452 g/mol. The number of carbonyl (C=O) groups is 3. The van der Waals surface area contributed by atoms with Gasteiger partial charge in [-0.3, -0.25) is 14.4 Å². The van der Waals surface area contributed by atoms with Crippen molar-refractivity contribution < 1.29 is 23.9 Å². The van der Waals surface area contributed by atoms with E-state index >= 15 is 0 Å². The molecule has 8 heteroatoms. The van der Waals surface area contributed by atoms with E-state index in [9.17, 15) is 14.4 Å². The Labute approximate surface area is 183 Å². The Morgan fingerprint density at radius 2 is 1.97 bits per heavy atom. The van der Waals surface area contributed by atoms with Crippen LogP contribution in [0, 0.1) is 19.8 Å². The number of rotatable bonds is 6. The zero-order valence-electron chi connectivity index (χ0n) is 17.0. The van der Waals surface area contributed by atoms with Gasteiger partial charge in [0.2, 0.25) is 5.91 Å². The van der Waals surface area contributed by atoms with Gasteiger partial charge in [0.05, 0.1) is 13.0 Å². The van der Waals surface area contributed by atoms with Crippen LogP contribution in [0.25, 0.3) is 0 Å².